The van der Waals surface area contributed by atoms with Crippen LogP contribution in [0.3, 0.4) is 0 Å². The van der Waals surface area contributed by atoms with Crippen molar-refractivity contribution in [2.45, 2.75) is 60.1 Å². The molecule has 0 amide bonds. The molecule has 0 saturated carbocycles. The molecule has 0 bridgehead atoms. The normalized spacial score (nSPS) is 14.2. The lowest BCUT2D eigenvalue weighted by molar-refractivity contribution is -0.144. The Hall–Kier alpha value is -6.67. The van der Waals surface area contributed by atoms with Crippen LogP contribution in [0, 0.1) is 0 Å². The van der Waals surface area contributed by atoms with E-state index in [2.05, 4.69) is 30.3 Å². The molecule has 0 radical (unpaired) electrons. The third kappa shape index (κ3) is 13.5. The maximum atomic E-state index is 14.2. The van der Waals surface area contributed by atoms with Crippen LogP contribution in [-0.2, 0) is 69.3 Å². The summed E-state index contributed by atoms with van der Waals surface area (Å²) in [6.07, 6.45) is -53.0. The second-order valence-corrected chi connectivity index (χ2v) is 20.1. The molecule has 77 heavy (non-hydrogen) atoms. The first-order chi connectivity index (χ1) is 34.9. The Labute approximate surface area is 419 Å². The zero-order valence-corrected chi connectivity index (χ0v) is 38.8. The van der Waals surface area contributed by atoms with Gasteiger partial charge < -0.3 is 0 Å². The zero-order valence-electron chi connectivity index (χ0n) is 38.0. The fourth-order valence-electron chi connectivity index (χ4n) is 8.51. The van der Waals surface area contributed by atoms with E-state index in [-0.39, 0.29) is 0 Å². The first-order valence-corrected chi connectivity index (χ1v) is 23.4. The molecule has 412 valence electrons. The average molecular weight is 1140 g/mol. The van der Waals surface area contributed by atoms with Crippen molar-refractivity contribution >= 4 is 48.7 Å². The SMILES string of the molecule is C[S+](=O)(Cc1ccc2ccccc2c1)c1ccccc1.FC(F)(F)c1cc([B-](c2cc(C(F)(F)F)cc(C(F)(F)F)c2)(c2cc(C(F)(F)F)cc(C(F)(F)F)c2)c2cc(C(F)(F)F)cc(C(F)(F)F)c2)cc(C(F)(F)F)c1. The van der Waals surface area contributed by atoms with Gasteiger partial charge in [0, 0.05) is 5.56 Å². The lowest BCUT2D eigenvalue weighted by atomic mass is 9.12. The lowest BCUT2D eigenvalue weighted by Crippen LogP contribution is -2.75. The Morgan fingerprint density at radius 1 is 0.312 bits per heavy atom. The Morgan fingerprint density at radius 3 is 0.818 bits per heavy atom. The number of benzene rings is 7. The van der Waals surface area contributed by atoms with Crippen LogP contribution >= 0.6 is 0 Å². The van der Waals surface area contributed by atoms with Crippen LogP contribution in [0.4, 0.5) is 105 Å². The summed E-state index contributed by atoms with van der Waals surface area (Å²) in [5, 5.41) is 2.42. The molecule has 0 aliphatic carbocycles. The molecule has 1 atom stereocenters. The van der Waals surface area contributed by atoms with Crippen LogP contribution in [-0.4, -0.2) is 12.4 Å². The van der Waals surface area contributed by atoms with E-state index in [0.717, 1.165) is 10.5 Å². The summed E-state index contributed by atoms with van der Waals surface area (Å²) in [5.41, 5.74) is -29.1. The van der Waals surface area contributed by atoms with Crippen molar-refractivity contribution in [3.05, 3.63) is 196 Å². The second kappa shape index (κ2) is 20.3. The zero-order chi connectivity index (χ0) is 57.9. The van der Waals surface area contributed by atoms with Crippen LogP contribution in [0.25, 0.3) is 10.8 Å². The highest BCUT2D eigenvalue weighted by molar-refractivity contribution is 8.01. The van der Waals surface area contributed by atoms with E-state index >= 15 is 0 Å². The standard InChI is InChI=1S/C32H12BF24.C18H17OS/c34-25(35,36)13-1-14(26(37,38)39)6-21(5-13)33(22-7-15(27(40,41)42)2-16(8-22)28(43,44)45,23-9-17(29(46,47)48)3-18(10-23)30(49,50)51)24-11-19(31(52,53)54)4-20(12-24)32(55,56)57;1-20(19,18-9-3-2-4-10-18)14-15-11-12-16-7-5-6-8-17(16)13-15/h1-12H;2-13H,14H2,1H3/q-1;+1. The minimum absolute atomic E-state index is 0.585. The summed E-state index contributed by atoms with van der Waals surface area (Å²) in [6.45, 7) is 0. The summed E-state index contributed by atoms with van der Waals surface area (Å²) in [4.78, 5) is 0.924. The maximum absolute atomic E-state index is 14.2. The van der Waals surface area contributed by atoms with E-state index in [1.165, 1.54) is 10.8 Å². The van der Waals surface area contributed by atoms with Crippen molar-refractivity contribution in [3.63, 3.8) is 0 Å². The van der Waals surface area contributed by atoms with E-state index in [9.17, 15) is 110 Å². The predicted molar refractivity (Wildman–Crippen MR) is 236 cm³/mol. The molecule has 0 aliphatic heterocycles. The minimum atomic E-state index is -6.13. The molecule has 7 aromatic rings. The third-order valence-corrected chi connectivity index (χ3v) is 14.1. The molecule has 0 N–H and O–H groups in total. The second-order valence-electron chi connectivity index (χ2n) is 17.4. The number of alkyl halides is 24. The van der Waals surface area contributed by atoms with Gasteiger partial charge in [-0.2, -0.15) is 127 Å². The van der Waals surface area contributed by atoms with Gasteiger partial charge in [-0.25, -0.2) is 0 Å². The molecule has 0 heterocycles. The minimum Gasteiger partial charge on any atom is -0.194 e. The van der Waals surface area contributed by atoms with Gasteiger partial charge in [0.2, 0.25) is 0 Å². The van der Waals surface area contributed by atoms with E-state index in [1.54, 1.807) is 0 Å². The van der Waals surface area contributed by atoms with Crippen LogP contribution < -0.4 is 21.9 Å². The van der Waals surface area contributed by atoms with Gasteiger partial charge in [0.25, 0.3) is 0 Å². The number of fused-ring (bicyclic) bond motifs is 1. The number of hydrogen-bond acceptors (Lipinski definition) is 1. The van der Waals surface area contributed by atoms with Crippen molar-refractivity contribution in [1.82, 2.24) is 0 Å². The molecule has 0 fully saturated rings. The first kappa shape index (κ1) is 59.6. The van der Waals surface area contributed by atoms with Crippen LogP contribution in [0.2, 0.25) is 0 Å². The summed E-state index contributed by atoms with van der Waals surface area (Å²) in [6, 6.07) is 15.5. The Bertz CT molecular complexity index is 2890. The average Bonchev–Trinajstić information content (AvgIpc) is 3.29. The van der Waals surface area contributed by atoms with E-state index < -0.39 is 205 Å². The highest BCUT2D eigenvalue weighted by Gasteiger charge is 2.47. The van der Waals surface area contributed by atoms with Crippen molar-refractivity contribution in [2.24, 2.45) is 0 Å². The van der Waals surface area contributed by atoms with Gasteiger partial charge in [-0.05, 0) is 53.2 Å². The summed E-state index contributed by atoms with van der Waals surface area (Å²) in [7, 11) is -2.03. The maximum Gasteiger partial charge on any atom is 0.416 e. The molecule has 1 nitrogen and oxygen atoms in total. The molecule has 7 aromatic carbocycles. The quantitative estimate of drug-likeness (QED) is 0.0883. The molecule has 1 unspecified atom stereocenters. The van der Waals surface area contributed by atoms with Gasteiger partial charge >= 0.3 is 49.4 Å². The van der Waals surface area contributed by atoms with Gasteiger partial charge in [-0.3, -0.25) is 0 Å². The lowest BCUT2D eigenvalue weighted by Gasteiger charge is -2.46. The number of rotatable bonds is 7. The summed E-state index contributed by atoms with van der Waals surface area (Å²) < 4.78 is 354. The van der Waals surface area contributed by atoms with Crippen LogP contribution in [0.15, 0.2) is 150 Å². The highest BCUT2D eigenvalue weighted by Crippen LogP contribution is 2.41. The molecule has 27 heteroatoms. The largest absolute Gasteiger partial charge is 0.416 e. The summed E-state index contributed by atoms with van der Waals surface area (Å²) >= 11 is 0. The Morgan fingerprint density at radius 2 is 0.558 bits per heavy atom. The smallest absolute Gasteiger partial charge is 0.194 e. The summed E-state index contributed by atoms with van der Waals surface area (Å²) in [5.74, 6) is 0.585. The molecule has 0 saturated heterocycles. The fourth-order valence-corrected chi connectivity index (χ4v) is 10.2. The third-order valence-electron chi connectivity index (χ3n) is 11.9. The Balaban J connectivity index is 0.000000397. The topological polar surface area (TPSA) is 17.1 Å². The molecule has 0 aromatic heterocycles. The first-order valence-electron chi connectivity index (χ1n) is 21.3. The van der Waals surface area contributed by atoms with Crippen LogP contribution in [0.1, 0.15) is 50.1 Å². The van der Waals surface area contributed by atoms with Crippen molar-refractivity contribution in [1.29, 1.82) is 0 Å². The molecule has 0 aliphatic rings. The van der Waals surface area contributed by atoms with Crippen molar-refractivity contribution in [3.8, 4) is 0 Å². The molecule has 0 spiro atoms. The van der Waals surface area contributed by atoms with Gasteiger partial charge in [0.1, 0.15) is 28.1 Å². The fraction of sp³-hybridized carbons (Fsp3) is 0.200. The molecular formula is C50H29BF24OS. The van der Waals surface area contributed by atoms with Gasteiger partial charge in [0.15, 0.2) is 4.90 Å². The predicted octanol–water partition coefficient (Wildman–Crippen LogP) is 15.7. The molecular weight excluding hydrogens is 1120 g/mol. The number of halogens is 24. The van der Waals surface area contributed by atoms with E-state index in [4.69, 9.17) is 0 Å². The van der Waals surface area contributed by atoms with Crippen molar-refractivity contribution in [2.75, 3.05) is 6.26 Å². The number of hydrogen-bond donors (Lipinski definition) is 0. The van der Waals surface area contributed by atoms with Crippen molar-refractivity contribution < 1.29 is 110 Å². The monoisotopic (exact) mass is 1140 g/mol. The molecule has 7 rings (SSSR count). The van der Waals surface area contributed by atoms with E-state index in [1.807, 2.05) is 48.7 Å². The van der Waals surface area contributed by atoms with Gasteiger partial charge in [-0.1, -0.05) is 107 Å². The highest BCUT2D eigenvalue weighted by atomic mass is 32.2. The van der Waals surface area contributed by atoms with Gasteiger partial charge in [0.05, 0.1) is 44.5 Å². The Kier molecular flexibility index (Phi) is 15.7. The van der Waals surface area contributed by atoms with E-state index in [0.29, 0.717) is 5.75 Å². The van der Waals surface area contributed by atoms with Crippen LogP contribution in [0.5, 0.6) is 0 Å². The van der Waals surface area contributed by atoms with Gasteiger partial charge in [-0.15, -0.1) is 0 Å².